The smallest absolute Gasteiger partial charge is 0.126 e. The fourth-order valence-electron chi connectivity index (χ4n) is 0.918. The van der Waals surface area contributed by atoms with Crippen LogP contribution < -0.4 is 0 Å². The maximum Gasteiger partial charge on any atom is 0.126 e. The van der Waals surface area contributed by atoms with Crippen LogP contribution in [0.5, 0.6) is 11.5 Å². The molecule has 1 aromatic carbocycles. The minimum atomic E-state index is 0.0844. The third-order valence-corrected chi connectivity index (χ3v) is 1.55. The first-order chi connectivity index (χ1) is 5.74. The van der Waals surface area contributed by atoms with Crippen molar-refractivity contribution in [2.24, 2.45) is 0 Å². The van der Waals surface area contributed by atoms with Crippen molar-refractivity contribution in [1.29, 1.82) is 0 Å². The molecule has 0 radical (unpaired) electrons. The maximum atomic E-state index is 9.31. The van der Waals surface area contributed by atoms with Gasteiger partial charge in [0.25, 0.3) is 0 Å². The van der Waals surface area contributed by atoms with E-state index >= 15 is 0 Å². The molecular weight excluding hydrogens is 152 g/mol. The zero-order valence-electron chi connectivity index (χ0n) is 6.99. The monoisotopic (exact) mass is 164 g/mol. The molecular formula is C10H12O2. The maximum absolute atomic E-state index is 9.31. The first-order valence-electron chi connectivity index (χ1n) is 3.92. The molecule has 2 heteroatoms. The Labute approximate surface area is 71.8 Å². The highest BCUT2D eigenvalue weighted by atomic mass is 16.3. The van der Waals surface area contributed by atoms with Crippen LogP contribution in [0, 0.1) is 0 Å². The van der Waals surface area contributed by atoms with E-state index in [9.17, 15) is 5.11 Å². The van der Waals surface area contributed by atoms with Crippen LogP contribution in [-0.2, 0) is 0 Å². The summed E-state index contributed by atoms with van der Waals surface area (Å²) in [5, 5.41) is 18.3. The van der Waals surface area contributed by atoms with Crippen LogP contribution in [0.4, 0.5) is 0 Å². The molecule has 0 aliphatic rings. The van der Waals surface area contributed by atoms with Crippen molar-refractivity contribution < 1.29 is 10.2 Å². The van der Waals surface area contributed by atoms with E-state index in [-0.39, 0.29) is 11.5 Å². The summed E-state index contributed by atoms with van der Waals surface area (Å²) in [5.41, 5.74) is 0.731. The van der Waals surface area contributed by atoms with E-state index in [1.54, 1.807) is 12.1 Å². The van der Waals surface area contributed by atoms with E-state index in [1.807, 2.05) is 19.1 Å². The summed E-state index contributed by atoms with van der Waals surface area (Å²) < 4.78 is 0. The number of aromatic hydroxyl groups is 2. The molecule has 2 N–H and O–H groups in total. The van der Waals surface area contributed by atoms with Crippen molar-refractivity contribution >= 4 is 6.08 Å². The van der Waals surface area contributed by atoms with Gasteiger partial charge in [0, 0.05) is 11.6 Å². The predicted octanol–water partition coefficient (Wildman–Crippen LogP) is 2.52. The van der Waals surface area contributed by atoms with E-state index in [0.717, 1.165) is 12.0 Å². The van der Waals surface area contributed by atoms with Crippen LogP contribution in [0.1, 0.15) is 18.9 Å². The molecule has 12 heavy (non-hydrogen) atoms. The second kappa shape index (κ2) is 3.81. The van der Waals surface area contributed by atoms with Gasteiger partial charge < -0.3 is 10.2 Å². The van der Waals surface area contributed by atoms with Crippen molar-refractivity contribution in [2.45, 2.75) is 13.3 Å². The standard InChI is InChI=1S/C10H12O2/c1-2-3-4-8-5-6-9(11)7-10(8)12/h3-7,11-12H,2H2,1H3. The van der Waals surface area contributed by atoms with Gasteiger partial charge in [0.05, 0.1) is 0 Å². The molecule has 0 bridgehead atoms. The van der Waals surface area contributed by atoms with Gasteiger partial charge in [0.15, 0.2) is 0 Å². The number of allylic oxidation sites excluding steroid dienone is 1. The zero-order valence-corrected chi connectivity index (χ0v) is 6.99. The summed E-state index contributed by atoms with van der Waals surface area (Å²) in [6, 6.07) is 4.56. The second-order valence-electron chi connectivity index (χ2n) is 2.55. The average molecular weight is 164 g/mol. The van der Waals surface area contributed by atoms with Gasteiger partial charge in [-0.05, 0) is 18.6 Å². The van der Waals surface area contributed by atoms with Gasteiger partial charge >= 0.3 is 0 Å². The van der Waals surface area contributed by atoms with Crippen LogP contribution in [0.3, 0.4) is 0 Å². The van der Waals surface area contributed by atoms with Gasteiger partial charge in [-0.1, -0.05) is 19.1 Å². The molecule has 0 saturated carbocycles. The minimum Gasteiger partial charge on any atom is -0.508 e. The van der Waals surface area contributed by atoms with E-state index in [4.69, 9.17) is 5.11 Å². The number of rotatable bonds is 2. The van der Waals surface area contributed by atoms with Crippen molar-refractivity contribution in [2.75, 3.05) is 0 Å². The molecule has 0 atom stereocenters. The summed E-state index contributed by atoms with van der Waals surface area (Å²) in [5.74, 6) is 0.195. The zero-order chi connectivity index (χ0) is 8.97. The lowest BCUT2D eigenvalue weighted by atomic mass is 10.1. The Hall–Kier alpha value is -1.44. The summed E-state index contributed by atoms with van der Waals surface area (Å²) in [6.07, 6.45) is 4.71. The fourth-order valence-corrected chi connectivity index (χ4v) is 0.918. The topological polar surface area (TPSA) is 40.5 Å². The van der Waals surface area contributed by atoms with Crippen molar-refractivity contribution in [3.8, 4) is 11.5 Å². The lowest BCUT2D eigenvalue weighted by Crippen LogP contribution is -1.73. The van der Waals surface area contributed by atoms with Crippen LogP contribution in [0.25, 0.3) is 6.08 Å². The minimum absolute atomic E-state index is 0.0844. The van der Waals surface area contributed by atoms with Gasteiger partial charge in [0.1, 0.15) is 11.5 Å². The van der Waals surface area contributed by atoms with Gasteiger partial charge in [-0.3, -0.25) is 0 Å². The number of hydrogen-bond donors (Lipinski definition) is 2. The second-order valence-corrected chi connectivity index (χ2v) is 2.55. The summed E-state index contributed by atoms with van der Waals surface area (Å²) in [4.78, 5) is 0. The molecule has 0 spiro atoms. The number of phenols is 2. The van der Waals surface area contributed by atoms with Gasteiger partial charge in [-0.15, -0.1) is 0 Å². The van der Waals surface area contributed by atoms with E-state index in [2.05, 4.69) is 0 Å². The molecule has 2 nitrogen and oxygen atoms in total. The van der Waals surface area contributed by atoms with Crippen molar-refractivity contribution in [3.63, 3.8) is 0 Å². The molecule has 0 heterocycles. The Morgan fingerprint density at radius 3 is 2.67 bits per heavy atom. The molecule has 0 fully saturated rings. The van der Waals surface area contributed by atoms with E-state index in [0.29, 0.717) is 0 Å². The molecule has 0 aromatic heterocycles. The third kappa shape index (κ3) is 2.02. The van der Waals surface area contributed by atoms with E-state index < -0.39 is 0 Å². The normalized spacial score (nSPS) is 10.8. The molecule has 0 aliphatic heterocycles. The fraction of sp³-hybridized carbons (Fsp3) is 0.200. The molecule has 0 amide bonds. The lowest BCUT2D eigenvalue weighted by Gasteiger charge is -1.98. The Balaban J connectivity index is 2.94. The van der Waals surface area contributed by atoms with Crippen LogP contribution in [0.15, 0.2) is 24.3 Å². The lowest BCUT2D eigenvalue weighted by molar-refractivity contribution is 0.450. The first kappa shape index (κ1) is 8.65. The molecule has 0 saturated heterocycles. The Bertz CT molecular complexity index is 290. The van der Waals surface area contributed by atoms with Crippen LogP contribution in [0.2, 0.25) is 0 Å². The van der Waals surface area contributed by atoms with Crippen LogP contribution >= 0.6 is 0 Å². The largest absolute Gasteiger partial charge is 0.508 e. The number of phenolic OH excluding ortho intramolecular Hbond substituents is 2. The molecule has 1 aromatic rings. The summed E-state index contributed by atoms with van der Waals surface area (Å²) in [6.45, 7) is 2.02. The summed E-state index contributed by atoms with van der Waals surface area (Å²) in [7, 11) is 0. The quantitative estimate of drug-likeness (QED) is 0.705. The SMILES string of the molecule is CCC=Cc1ccc(O)cc1O. The van der Waals surface area contributed by atoms with Gasteiger partial charge in [0.2, 0.25) is 0 Å². The molecule has 1 rings (SSSR count). The highest BCUT2D eigenvalue weighted by molar-refractivity contribution is 5.58. The Kier molecular flexibility index (Phi) is 2.75. The third-order valence-electron chi connectivity index (χ3n) is 1.55. The average Bonchev–Trinajstić information content (AvgIpc) is 2.03. The molecule has 0 aliphatic carbocycles. The molecule has 64 valence electrons. The first-order valence-corrected chi connectivity index (χ1v) is 3.92. The van der Waals surface area contributed by atoms with Crippen molar-refractivity contribution in [1.82, 2.24) is 0 Å². The highest BCUT2D eigenvalue weighted by Crippen LogP contribution is 2.23. The van der Waals surface area contributed by atoms with Gasteiger partial charge in [-0.25, -0.2) is 0 Å². The Morgan fingerprint density at radius 1 is 1.33 bits per heavy atom. The van der Waals surface area contributed by atoms with Crippen molar-refractivity contribution in [3.05, 3.63) is 29.8 Å². The number of hydrogen-bond acceptors (Lipinski definition) is 2. The van der Waals surface area contributed by atoms with Crippen LogP contribution in [-0.4, -0.2) is 10.2 Å². The van der Waals surface area contributed by atoms with E-state index in [1.165, 1.54) is 6.07 Å². The predicted molar refractivity (Wildman–Crippen MR) is 49.1 cm³/mol. The Morgan fingerprint density at radius 2 is 2.08 bits per heavy atom. The molecule has 0 unspecified atom stereocenters. The highest BCUT2D eigenvalue weighted by Gasteiger charge is 1.96. The van der Waals surface area contributed by atoms with Gasteiger partial charge in [-0.2, -0.15) is 0 Å². The summed E-state index contributed by atoms with van der Waals surface area (Å²) >= 11 is 0. The number of benzene rings is 1.